The van der Waals surface area contributed by atoms with Crippen LogP contribution in [0.2, 0.25) is 0 Å². The zero-order chi connectivity index (χ0) is 14.8. The SMILES string of the molecule is C[C@@H](NS(=O)(=O)c1cnn(C2CCOCC2)c1)C(=O)O. The molecule has 0 saturated carbocycles. The molecule has 112 valence electrons. The Hall–Kier alpha value is -1.45. The third kappa shape index (κ3) is 3.35. The average molecular weight is 303 g/mol. The summed E-state index contributed by atoms with van der Waals surface area (Å²) in [5.41, 5.74) is 0. The molecule has 20 heavy (non-hydrogen) atoms. The molecule has 1 aromatic rings. The van der Waals surface area contributed by atoms with Crippen molar-refractivity contribution in [2.75, 3.05) is 13.2 Å². The first-order valence-corrected chi connectivity index (χ1v) is 7.75. The van der Waals surface area contributed by atoms with Crippen LogP contribution in [0.4, 0.5) is 0 Å². The van der Waals surface area contributed by atoms with Gasteiger partial charge in [-0.1, -0.05) is 0 Å². The molecule has 2 rings (SSSR count). The zero-order valence-corrected chi connectivity index (χ0v) is 11.8. The van der Waals surface area contributed by atoms with Crippen LogP contribution in [-0.4, -0.2) is 48.5 Å². The average Bonchev–Trinajstić information content (AvgIpc) is 2.89. The second kappa shape index (κ2) is 5.90. The molecule has 0 spiro atoms. The van der Waals surface area contributed by atoms with Crippen LogP contribution in [0.5, 0.6) is 0 Å². The number of nitrogens with zero attached hydrogens (tertiary/aromatic N) is 2. The number of aliphatic carboxylic acids is 1. The fraction of sp³-hybridized carbons (Fsp3) is 0.636. The minimum absolute atomic E-state index is 0.0305. The van der Waals surface area contributed by atoms with Crippen molar-refractivity contribution in [2.24, 2.45) is 0 Å². The smallest absolute Gasteiger partial charge is 0.321 e. The molecule has 0 radical (unpaired) electrons. The highest BCUT2D eigenvalue weighted by molar-refractivity contribution is 7.89. The fourth-order valence-corrected chi connectivity index (χ4v) is 3.09. The molecule has 0 aromatic carbocycles. The van der Waals surface area contributed by atoms with Crippen LogP contribution in [0.25, 0.3) is 0 Å². The number of carbonyl (C=O) groups is 1. The van der Waals surface area contributed by atoms with Crippen LogP contribution in [0.3, 0.4) is 0 Å². The van der Waals surface area contributed by atoms with E-state index in [4.69, 9.17) is 9.84 Å². The highest BCUT2D eigenvalue weighted by Gasteiger charge is 2.24. The molecule has 1 aliphatic heterocycles. The third-order valence-corrected chi connectivity index (χ3v) is 4.65. The fourth-order valence-electron chi connectivity index (χ4n) is 1.96. The molecule has 1 aliphatic rings. The predicted octanol–water partition coefficient (Wildman–Crippen LogP) is -0.0140. The first-order chi connectivity index (χ1) is 9.40. The second-order valence-electron chi connectivity index (χ2n) is 4.68. The van der Waals surface area contributed by atoms with Gasteiger partial charge in [-0.25, -0.2) is 8.42 Å². The molecular formula is C11H17N3O5S. The van der Waals surface area contributed by atoms with E-state index in [0.717, 1.165) is 12.8 Å². The number of nitrogens with one attached hydrogen (secondary N) is 1. The monoisotopic (exact) mass is 303 g/mol. The second-order valence-corrected chi connectivity index (χ2v) is 6.39. The van der Waals surface area contributed by atoms with Gasteiger partial charge in [-0.2, -0.15) is 9.82 Å². The lowest BCUT2D eigenvalue weighted by atomic mass is 10.1. The van der Waals surface area contributed by atoms with Crippen molar-refractivity contribution < 1.29 is 23.1 Å². The molecular weight excluding hydrogens is 286 g/mol. The maximum atomic E-state index is 12.0. The van der Waals surface area contributed by atoms with Crippen molar-refractivity contribution >= 4 is 16.0 Å². The van der Waals surface area contributed by atoms with E-state index in [1.807, 2.05) is 0 Å². The number of rotatable bonds is 5. The molecule has 1 atom stereocenters. The summed E-state index contributed by atoms with van der Waals surface area (Å²) in [5.74, 6) is -1.23. The van der Waals surface area contributed by atoms with E-state index in [2.05, 4.69) is 9.82 Å². The van der Waals surface area contributed by atoms with Crippen molar-refractivity contribution in [3.05, 3.63) is 12.4 Å². The molecule has 9 heteroatoms. The van der Waals surface area contributed by atoms with Crippen LogP contribution in [0.15, 0.2) is 17.3 Å². The van der Waals surface area contributed by atoms with Gasteiger partial charge in [0.1, 0.15) is 10.9 Å². The van der Waals surface area contributed by atoms with E-state index in [-0.39, 0.29) is 10.9 Å². The van der Waals surface area contributed by atoms with Gasteiger partial charge in [-0.05, 0) is 19.8 Å². The molecule has 0 bridgehead atoms. The quantitative estimate of drug-likeness (QED) is 0.791. The molecule has 2 heterocycles. The van der Waals surface area contributed by atoms with Gasteiger partial charge in [0.2, 0.25) is 10.0 Å². The maximum Gasteiger partial charge on any atom is 0.321 e. The molecule has 1 aromatic heterocycles. The van der Waals surface area contributed by atoms with Crippen LogP contribution < -0.4 is 4.72 Å². The molecule has 1 saturated heterocycles. The van der Waals surface area contributed by atoms with Gasteiger partial charge >= 0.3 is 5.97 Å². The summed E-state index contributed by atoms with van der Waals surface area (Å²) in [6.07, 6.45) is 4.21. The summed E-state index contributed by atoms with van der Waals surface area (Å²) in [6.45, 7) is 2.52. The number of hydrogen-bond acceptors (Lipinski definition) is 5. The molecule has 1 fully saturated rings. The normalized spacial score (nSPS) is 18.9. The topological polar surface area (TPSA) is 111 Å². The number of aromatic nitrogens is 2. The number of sulfonamides is 1. The lowest BCUT2D eigenvalue weighted by Crippen LogP contribution is -2.38. The van der Waals surface area contributed by atoms with Gasteiger partial charge in [0.15, 0.2) is 0 Å². The van der Waals surface area contributed by atoms with Gasteiger partial charge in [0, 0.05) is 19.4 Å². The minimum Gasteiger partial charge on any atom is -0.480 e. The Kier molecular flexibility index (Phi) is 4.41. The number of carboxylic acids is 1. The summed E-state index contributed by atoms with van der Waals surface area (Å²) in [7, 11) is -3.87. The molecule has 0 unspecified atom stereocenters. The summed E-state index contributed by atoms with van der Waals surface area (Å²) < 4.78 is 32.9. The standard InChI is InChI=1S/C11H17N3O5S/c1-8(11(15)16)13-20(17,18)10-6-12-14(7-10)9-2-4-19-5-3-9/h6-9,13H,2-5H2,1H3,(H,15,16)/t8-/m1/s1. The van der Waals surface area contributed by atoms with Gasteiger partial charge in [0.25, 0.3) is 0 Å². The van der Waals surface area contributed by atoms with Gasteiger partial charge in [-0.3, -0.25) is 9.48 Å². The van der Waals surface area contributed by atoms with E-state index in [9.17, 15) is 13.2 Å². The van der Waals surface area contributed by atoms with E-state index in [1.54, 1.807) is 4.68 Å². The number of carboxylic acid groups (broad SMARTS) is 1. The first kappa shape index (κ1) is 14.9. The molecule has 2 N–H and O–H groups in total. The van der Waals surface area contributed by atoms with Crippen molar-refractivity contribution in [1.82, 2.24) is 14.5 Å². The lowest BCUT2D eigenvalue weighted by Gasteiger charge is -2.22. The third-order valence-electron chi connectivity index (χ3n) is 3.16. The number of hydrogen-bond donors (Lipinski definition) is 2. The summed E-state index contributed by atoms with van der Waals surface area (Å²) >= 11 is 0. The largest absolute Gasteiger partial charge is 0.480 e. The van der Waals surface area contributed by atoms with Crippen LogP contribution >= 0.6 is 0 Å². The summed E-state index contributed by atoms with van der Waals surface area (Å²) in [4.78, 5) is 10.7. The van der Waals surface area contributed by atoms with Crippen LogP contribution in [0, 0.1) is 0 Å². The van der Waals surface area contributed by atoms with E-state index < -0.39 is 22.0 Å². The van der Waals surface area contributed by atoms with Crippen molar-refractivity contribution in [1.29, 1.82) is 0 Å². The van der Waals surface area contributed by atoms with E-state index in [1.165, 1.54) is 19.3 Å². The molecule has 0 aliphatic carbocycles. The van der Waals surface area contributed by atoms with Crippen LogP contribution in [0.1, 0.15) is 25.8 Å². The highest BCUT2D eigenvalue weighted by atomic mass is 32.2. The Morgan fingerprint density at radius 2 is 2.20 bits per heavy atom. The molecule has 8 nitrogen and oxygen atoms in total. The van der Waals surface area contributed by atoms with Gasteiger partial charge in [-0.15, -0.1) is 0 Å². The van der Waals surface area contributed by atoms with E-state index in [0.29, 0.717) is 13.2 Å². The van der Waals surface area contributed by atoms with Crippen molar-refractivity contribution in [3.63, 3.8) is 0 Å². The Labute approximate surface area is 116 Å². The Morgan fingerprint density at radius 3 is 2.80 bits per heavy atom. The van der Waals surface area contributed by atoms with Gasteiger partial charge < -0.3 is 9.84 Å². The Bertz CT molecular complexity index is 577. The minimum atomic E-state index is -3.87. The van der Waals surface area contributed by atoms with Crippen molar-refractivity contribution in [3.8, 4) is 0 Å². The van der Waals surface area contributed by atoms with Crippen LogP contribution in [-0.2, 0) is 19.6 Å². The summed E-state index contributed by atoms with van der Waals surface area (Å²) in [6, 6.07) is -1.07. The predicted molar refractivity (Wildman–Crippen MR) is 68.7 cm³/mol. The summed E-state index contributed by atoms with van der Waals surface area (Å²) in [5, 5.41) is 12.8. The number of ether oxygens (including phenoxy) is 1. The molecule has 0 amide bonds. The van der Waals surface area contributed by atoms with Gasteiger partial charge in [0.05, 0.1) is 12.2 Å². The zero-order valence-electron chi connectivity index (χ0n) is 11.0. The Morgan fingerprint density at radius 1 is 1.55 bits per heavy atom. The lowest BCUT2D eigenvalue weighted by molar-refractivity contribution is -0.138. The van der Waals surface area contributed by atoms with Crippen molar-refractivity contribution in [2.45, 2.75) is 36.7 Å². The highest BCUT2D eigenvalue weighted by Crippen LogP contribution is 2.21. The first-order valence-electron chi connectivity index (χ1n) is 6.27. The van der Waals surface area contributed by atoms with E-state index >= 15 is 0 Å². The Balaban J connectivity index is 2.12. The maximum absolute atomic E-state index is 12.0.